The molecule has 1 aliphatic heterocycles. The molecule has 2 heterocycles. The van der Waals surface area contributed by atoms with Gasteiger partial charge < -0.3 is 9.72 Å². The second-order valence-corrected chi connectivity index (χ2v) is 7.49. The number of pyridine rings is 1. The van der Waals surface area contributed by atoms with Crippen LogP contribution in [0.4, 0.5) is 4.39 Å². The molecule has 4 rings (SSSR count). The molecule has 1 N–H and O–H groups in total. The monoisotopic (exact) mass is 394 g/mol. The maximum atomic E-state index is 14.0. The number of hydrogen-bond donors (Lipinski definition) is 1. The number of H-pyrrole nitrogens is 1. The van der Waals surface area contributed by atoms with E-state index in [1.807, 2.05) is 24.3 Å². The van der Waals surface area contributed by atoms with Crippen molar-refractivity contribution >= 4 is 16.7 Å². The standard InChI is InChI=1S/C23H23FN2O3/c1-29-22-9-8-15(11-19(22)24)23(28)16-5-4-10-26(13-16)14-17-12-21(27)18-6-2-3-7-20(18)25-17/h2-3,6-9,11-12,16H,4-5,10,13-14H2,1H3,(H,25,27)/t16-/m1/s1. The molecular formula is C23H23FN2O3. The van der Waals surface area contributed by atoms with Gasteiger partial charge in [0.25, 0.3) is 0 Å². The highest BCUT2D eigenvalue weighted by molar-refractivity contribution is 5.98. The van der Waals surface area contributed by atoms with Crippen molar-refractivity contribution in [2.45, 2.75) is 19.4 Å². The van der Waals surface area contributed by atoms with Crippen LogP contribution >= 0.6 is 0 Å². The van der Waals surface area contributed by atoms with E-state index in [2.05, 4.69) is 9.88 Å². The van der Waals surface area contributed by atoms with Crippen molar-refractivity contribution in [3.05, 3.63) is 75.8 Å². The van der Waals surface area contributed by atoms with Gasteiger partial charge in [-0.05, 0) is 49.7 Å². The van der Waals surface area contributed by atoms with E-state index in [1.165, 1.54) is 19.2 Å². The summed E-state index contributed by atoms with van der Waals surface area (Å²) in [6.07, 6.45) is 1.66. The Labute approximate surface area is 168 Å². The van der Waals surface area contributed by atoms with Crippen LogP contribution in [0, 0.1) is 11.7 Å². The van der Waals surface area contributed by atoms with Gasteiger partial charge in [-0.3, -0.25) is 14.5 Å². The summed E-state index contributed by atoms with van der Waals surface area (Å²) in [6, 6.07) is 13.4. The lowest BCUT2D eigenvalue weighted by Gasteiger charge is -2.32. The second kappa shape index (κ2) is 8.17. The van der Waals surface area contributed by atoms with E-state index in [1.54, 1.807) is 12.1 Å². The number of carbonyl (C=O) groups is 1. The highest BCUT2D eigenvalue weighted by Crippen LogP contribution is 2.25. The number of hydrogen-bond acceptors (Lipinski definition) is 4. The Morgan fingerprint density at radius 2 is 2.07 bits per heavy atom. The number of aromatic amines is 1. The fourth-order valence-electron chi connectivity index (χ4n) is 4.05. The van der Waals surface area contributed by atoms with Gasteiger partial charge in [0.2, 0.25) is 0 Å². The third-order valence-corrected chi connectivity index (χ3v) is 5.50. The number of carbonyl (C=O) groups excluding carboxylic acids is 1. The molecular weight excluding hydrogens is 371 g/mol. The highest BCUT2D eigenvalue weighted by atomic mass is 19.1. The van der Waals surface area contributed by atoms with Gasteiger partial charge in [0.05, 0.1) is 7.11 Å². The van der Waals surface area contributed by atoms with Crippen molar-refractivity contribution in [3.8, 4) is 5.75 Å². The number of halogens is 1. The van der Waals surface area contributed by atoms with Crippen molar-refractivity contribution in [1.82, 2.24) is 9.88 Å². The number of rotatable bonds is 5. The van der Waals surface area contributed by atoms with Crippen LogP contribution in [0.3, 0.4) is 0 Å². The van der Waals surface area contributed by atoms with Crippen LogP contribution < -0.4 is 10.2 Å². The van der Waals surface area contributed by atoms with Gasteiger partial charge in [-0.15, -0.1) is 0 Å². The van der Waals surface area contributed by atoms with Gasteiger partial charge in [0, 0.05) is 47.2 Å². The molecule has 0 saturated carbocycles. The SMILES string of the molecule is COc1ccc(C(=O)[C@@H]2CCCN(Cc3cc(=O)c4ccccc4[nH]3)C2)cc1F. The van der Waals surface area contributed by atoms with E-state index < -0.39 is 5.82 Å². The number of para-hydroxylation sites is 1. The maximum absolute atomic E-state index is 14.0. The minimum Gasteiger partial charge on any atom is -0.494 e. The molecule has 2 aromatic carbocycles. The summed E-state index contributed by atoms with van der Waals surface area (Å²) in [6.45, 7) is 2.01. The fourth-order valence-corrected chi connectivity index (χ4v) is 4.05. The molecule has 1 saturated heterocycles. The Balaban J connectivity index is 1.49. The molecule has 0 aliphatic carbocycles. The van der Waals surface area contributed by atoms with E-state index >= 15 is 0 Å². The van der Waals surface area contributed by atoms with Crippen molar-refractivity contribution in [3.63, 3.8) is 0 Å². The molecule has 0 spiro atoms. The first-order valence-corrected chi connectivity index (χ1v) is 9.76. The smallest absolute Gasteiger partial charge is 0.189 e. The minimum atomic E-state index is -0.528. The molecule has 1 fully saturated rings. The molecule has 1 aromatic heterocycles. The van der Waals surface area contributed by atoms with E-state index in [0.29, 0.717) is 24.0 Å². The summed E-state index contributed by atoms with van der Waals surface area (Å²) in [7, 11) is 1.40. The summed E-state index contributed by atoms with van der Waals surface area (Å²) < 4.78 is 18.9. The number of methoxy groups -OCH3 is 1. The zero-order valence-electron chi connectivity index (χ0n) is 16.3. The van der Waals surface area contributed by atoms with Crippen LogP contribution in [0.5, 0.6) is 5.75 Å². The molecule has 1 aliphatic rings. The van der Waals surface area contributed by atoms with Crippen LogP contribution in [-0.4, -0.2) is 35.9 Å². The molecule has 1 atom stereocenters. The molecule has 6 heteroatoms. The Morgan fingerprint density at radius 3 is 2.86 bits per heavy atom. The van der Waals surface area contributed by atoms with Gasteiger partial charge in [-0.1, -0.05) is 12.1 Å². The van der Waals surface area contributed by atoms with E-state index in [0.717, 1.165) is 30.6 Å². The summed E-state index contributed by atoms with van der Waals surface area (Å²) in [5, 5.41) is 0.671. The first-order valence-electron chi connectivity index (χ1n) is 9.76. The molecule has 5 nitrogen and oxygen atoms in total. The number of nitrogens with zero attached hydrogens (tertiary/aromatic N) is 1. The number of fused-ring (bicyclic) bond motifs is 1. The predicted octanol–water partition coefficient (Wildman–Crippen LogP) is 3.77. The average molecular weight is 394 g/mol. The number of ketones is 1. The normalized spacial score (nSPS) is 17.4. The molecule has 3 aromatic rings. The molecule has 0 bridgehead atoms. The summed E-state index contributed by atoms with van der Waals surface area (Å²) in [5.41, 5.74) is 2.01. The number of piperidine rings is 1. The maximum Gasteiger partial charge on any atom is 0.189 e. The lowest BCUT2D eigenvalue weighted by molar-refractivity contribution is 0.0809. The lowest BCUT2D eigenvalue weighted by atomic mass is 9.90. The largest absolute Gasteiger partial charge is 0.494 e. The number of likely N-dealkylation sites (tertiary alicyclic amines) is 1. The summed E-state index contributed by atoms with van der Waals surface area (Å²) in [5.74, 6) is -0.640. The van der Waals surface area contributed by atoms with E-state index in [9.17, 15) is 14.0 Å². The van der Waals surface area contributed by atoms with Crippen molar-refractivity contribution in [2.24, 2.45) is 5.92 Å². The van der Waals surface area contributed by atoms with Crippen LogP contribution in [-0.2, 0) is 6.54 Å². The van der Waals surface area contributed by atoms with Crippen molar-refractivity contribution in [2.75, 3.05) is 20.2 Å². The fraction of sp³-hybridized carbons (Fsp3) is 0.304. The van der Waals surface area contributed by atoms with Gasteiger partial charge in [0.1, 0.15) is 0 Å². The summed E-state index contributed by atoms with van der Waals surface area (Å²) in [4.78, 5) is 30.7. The molecule has 0 amide bonds. The van der Waals surface area contributed by atoms with Crippen molar-refractivity contribution < 1.29 is 13.9 Å². The first-order chi connectivity index (χ1) is 14.0. The number of aromatic nitrogens is 1. The summed E-state index contributed by atoms with van der Waals surface area (Å²) >= 11 is 0. The Bertz CT molecular complexity index is 1110. The Morgan fingerprint density at radius 1 is 1.24 bits per heavy atom. The van der Waals surface area contributed by atoms with Gasteiger partial charge in [0.15, 0.2) is 22.8 Å². The zero-order valence-corrected chi connectivity index (χ0v) is 16.3. The molecule has 29 heavy (non-hydrogen) atoms. The number of Topliss-reactive ketones (excluding diaryl/α,β-unsaturated/α-hetero) is 1. The second-order valence-electron chi connectivity index (χ2n) is 7.49. The highest BCUT2D eigenvalue weighted by Gasteiger charge is 2.27. The van der Waals surface area contributed by atoms with Crippen LogP contribution in [0.2, 0.25) is 0 Å². The van der Waals surface area contributed by atoms with Gasteiger partial charge >= 0.3 is 0 Å². The molecule has 0 unspecified atom stereocenters. The zero-order chi connectivity index (χ0) is 20.4. The van der Waals surface area contributed by atoms with E-state index in [-0.39, 0.29) is 22.9 Å². The minimum absolute atomic E-state index is 0.00676. The number of nitrogens with one attached hydrogen (secondary N) is 1. The number of benzene rings is 2. The predicted molar refractivity (Wildman–Crippen MR) is 110 cm³/mol. The third kappa shape index (κ3) is 4.07. The Kier molecular flexibility index (Phi) is 5.45. The molecule has 0 radical (unpaired) electrons. The molecule has 150 valence electrons. The van der Waals surface area contributed by atoms with Crippen LogP contribution in [0.15, 0.2) is 53.3 Å². The van der Waals surface area contributed by atoms with Crippen LogP contribution in [0.25, 0.3) is 10.9 Å². The van der Waals surface area contributed by atoms with Gasteiger partial charge in [-0.25, -0.2) is 4.39 Å². The quantitative estimate of drug-likeness (QED) is 0.669. The van der Waals surface area contributed by atoms with Crippen LogP contribution in [0.1, 0.15) is 28.9 Å². The first kappa shape index (κ1) is 19.3. The third-order valence-electron chi connectivity index (χ3n) is 5.50. The lowest BCUT2D eigenvalue weighted by Crippen LogP contribution is -2.38. The average Bonchev–Trinajstić information content (AvgIpc) is 2.73. The topological polar surface area (TPSA) is 62.4 Å². The number of ether oxygens (including phenoxy) is 1. The van der Waals surface area contributed by atoms with Crippen molar-refractivity contribution in [1.29, 1.82) is 0 Å². The van der Waals surface area contributed by atoms with E-state index in [4.69, 9.17) is 4.74 Å². The van der Waals surface area contributed by atoms with Gasteiger partial charge in [-0.2, -0.15) is 0 Å². The Hall–Kier alpha value is -2.99.